The van der Waals surface area contributed by atoms with E-state index in [1.54, 1.807) is 18.2 Å². The summed E-state index contributed by atoms with van der Waals surface area (Å²) in [7, 11) is 2.88. The Hall–Kier alpha value is -3.97. The van der Waals surface area contributed by atoms with Crippen LogP contribution in [0.4, 0.5) is 11.6 Å². The number of fused-ring (bicyclic) bond motifs is 1. The van der Waals surface area contributed by atoms with Crippen LogP contribution < -0.4 is 25.7 Å². The van der Waals surface area contributed by atoms with Gasteiger partial charge in [0.1, 0.15) is 17.1 Å². The van der Waals surface area contributed by atoms with E-state index in [-0.39, 0.29) is 58.4 Å². The van der Waals surface area contributed by atoms with Gasteiger partial charge in [0, 0.05) is 41.9 Å². The molecule has 210 valence electrons. The third-order valence-corrected chi connectivity index (χ3v) is 6.84. The number of aromatic nitrogens is 4. The molecular weight excluding hydrogens is 563 g/mol. The van der Waals surface area contributed by atoms with E-state index in [0.717, 1.165) is 0 Å². The summed E-state index contributed by atoms with van der Waals surface area (Å²) >= 11 is 13.3. The molecule has 0 bridgehead atoms. The van der Waals surface area contributed by atoms with Crippen LogP contribution in [-0.4, -0.2) is 69.6 Å². The van der Waals surface area contributed by atoms with Crippen molar-refractivity contribution in [3.8, 4) is 22.6 Å². The minimum Gasteiger partial charge on any atom is -0.495 e. The van der Waals surface area contributed by atoms with Gasteiger partial charge in [-0.15, -0.1) is 0 Å². The van der Waals surface area contributed by atoms with E-state index >= 15 is 0 Å². The molecule has 4 rings (SSSR count). The highest BCUT2D eigenvalue weighted by Gasteiger charge is 2.23. The number of aliphatic hydroxyl groups is 2. The number of amides is 1. The van der Waals surface area contributed by atoms with Gasteiger partial charge in [0.05, 0.1) is 61.0 Å². The monoisotopic (exact) mass is 588 g/mol. The molecule has 0 aliphatic heterocycles. The molecule has 3 heterocycles. The lowest BCUT2D eigenvalue weighted by Gasteiger charge is -2.18. The number of anilines is 2. The topological polar surface area (TPSA) is 161 Å². The van der Waals surface area contributed by atoms with Crippen LogP contribution in [0.5, 0.6) is 11.5 Å². The number of aliphatic hydroxyl groups excluding tert-OH is 2. The van der Waals surface area contributed by atoms with Crippen LogP contribution in [0.3, 0.4) is 0 Å². The molecule has 0 aliphatic rings. The molecule has 4 N–H and O–H groups in total. The number of hydrogen-bond donors (Lipinski definition) is 4. The highest BCUT2D eigenvalue weighted by atomic mass is 35.5. The number of aryl methyl sites for hydroxylation is 2. The molecule has 0 aliphatic carbocycles. The SMILES string of the molecule is COc1cc(OC)c(Cl)c(-c2cc3cnc(NC(CO)CO)nc3n(CCc3ccc(NC=O)cn3)c2=O)c1Cl. The summed E-state index contributed by atoms with van der Waals surface area (Å²) in [4.78, 5) is 37.8. The first-order valence-electron chi connectivity index (χ1n) is 12.0. The molecule has 0 saturated heterocycles. The van der Waals surface area contributed by atoms with Crippen LogP contribution in [0.25, 0.3) is 22.2 Å². The Morgan fingerprint density at radius 1 is 1.05 bits per heavy atom. The van der Waals surface area contributed by atoms with Crippen LogP contribution in [0, 0.1) is 0 Å². The van der Waals surface area contributed by atoms with E-state index in [1.165, 1.54) is 37.2 Å². The molecule has 0 radical (unpaired) electrons. The molecule has 40 heavy (non-hydrogen) atoms. The summed E-state index contributed by atoms with van der Waals surface area (Å²) < 4.78 is 12.2. The first kappa shape index (κ1) is 29.0. The molecule has 12 nitrogen and oxygen atoms in total. The minimum absolute atomic E-state index is 0.114. The molecule has 1 aromatic carbocycles. The largest absolute Gasteiger partial charge is 0.495 e. The van der Waals surface area contributed by atoms with Crippen LogP contribution in [-0.2, 0) is 17.8 Å². The Bertz CT molecular complexity index is 1550. The van der Waals surface area contributed by atoms with Gasteiger partial charge in [0.15, 0.2) is 0 Å². The van der Waals surface area contributed by atoms with E-state index in [2.05, 4.69) is 25.6 Å². The van der Waals surface area contributed by atoms with Crippen LogP contribution in [0.2, 0.25) is 10.0 Å². The number of nitrogens with one attached hydrogen (secondary N) is 2. The molecule has 0 atom stereocenters. The number of pyridine rings is 2. The molecular formula is C26H26Cl2N6O6. The second-order valence-electron chi connectivity index (χ2n) is 8.53. The van der Waals surface area contributed by atoms with Crippen molar-refractivity contribution in [2.45, 2.75) is 19.0 Å². The van der Waals surface area contributed by atoms with Crippen LogP contribution in [0.1, 0.15) is 5.69 Å². The number of carbonyl (C=O) groups is 1. The smallest absolute Gasteiger partial charge is 0.260 e. The summed E-state index contributed by atoms with van der Waals surface area (Å²) in [5.74, 6) is 0.655. The number of carbonyl (C=O) groups excluding carboxylic acids is 1. The second-order valence-corrected chi connectivity index (χ2v) is 9.28. The minimum atomic E-state index is -0.693. The van der Waals surface area contributed by atoms with Gasteiger partial charge in [-0.2, -0.15) is 4.98 Å². The Morgan fingerprint density at radius 2 is 1.75 bits per heavy atom. The molecule has 4 aromatic rings. The summed E-state index contributed by atoms with van der Waals surface area (Å²) in [5, 5.41) is 25.0. The standard InChI is InChI=1S/C26H26Cl2N6O6/c1-39-19-8-20(40-2)23(28)21(22(19)27)18-7-14-9-30-26(32-17(11-35)12-36)33-24(14)34(25(18)38)6-5-15-3-4-16(10-29-15)31-13-37/h3-4,7-10,13,17,35-36H,5-6,11-12H2,1-2H3,(H,31,37)(H,30,32,33). The average molecular weight is 589 g/mol. The van der Waals surface area contributed by atoms with Gasteiger partial charge in [0.25, 0.3) is 5.56 Å². The van der Waals surface area contributed by atoms with Gasteiger partial charge in [0.2, 0.25) is 12.4 Å². The van der Waals surface area contributed by atoms with Crippen molar-refractivity contribution in [1.29, 1.82) is 0 Å². The lowest BCUT2D eigenvalue weighted by Crippen LogP contribution is -2.29. The number of ether oxygens (including phenoxy) is 2. The number of methoxy groups -OCH3 is 2. The van der Waals surface area contributed by atoms with E-state index in [9.17, 15) is 19.8 Å². The zero-order valence-corrected chi connectivity index (χ0v) is 23.0. The van der Waals surface area contributed by atoms with E-state index in [0.29, 0.717) is 35.2 Å². The molecule has 0 fully saturated rings. The summed E-state index contributed by atoms with van der Waals surface area (Å²) in [5.41, 5.74) is 1.44. The number of rotatable bonds is 12. The highest BCUT2D eigenvalue weighted by Crippen LogP contribution is 2.45. The third-order valence-electron chi connectivity index (χ3n) is 6.09. The van der Waals surface area contributed by atoms with Gasteiger partial charge in [-0.05, 0) is 18.2 Å². The molecule has 0 spiro atoms. The van der Waals surface area contributed by atoms with Crippen LogP contribution >= 0.6 is 23.2 Å². The van der Waals surface area contributed by atoms with Crippen molar-refractivity contribution >= 4 is 52.3 Å². The molecule has 0 unspecified atom stereocenters. The Morgan fingerprint density at radius 3 is 2.33 bits per heavy atom. The zero-order valence-electron chi connectivity index (χ0n) is 21.5. The Labute approximate surface area is 238 Å². The van der Waals surface area contributed by atoms with Crippen molar-refractivity contribution in [1.82, 2.24) is 19.5 Å². The normalized spacial score (nSPS) is 11.1. The van der Waals surface area contributed by atoms with E-state index < -0.39 is 11.6 Å². The fraction of sp³-hybridized carbons (Fsp3) is 0.269. The number of benzene rings is 1. The van der Waals surface area contributed by atoms with Crippen molar-refractivity contribution < 1.29 is 24.5 Å². The summed E-state index contributed by atoms with van der Waals surface area (Å²) in [6, 6.07) is 5.85. The highest BCUT2D eigenvalue weighted by molar-refractivity contribution is 6.41. The first-order valence-corrected chi connectivity index (χ1v) is 12.7. The summed E-state index contributed by atoms with van der Waals surface area (Å²) in [6.07, 6.45) is 3.91. The molecule has 1 amide bonds. The van der Waals surface area contributed by atoms with E-state index in [1.807, 2.05) is 0 Å². The summed E-state index contributed by atoms with van der Waals surface area (Å²) in [6.45, 7) is -0.537. The lowest BCUT2D eigenvalue weighted by molar-refractivity contribution is -0.105. The van der Waals surface area contributed by atoms with E-state index in [4.69, 9.17) is 32.7 Å². The van der Waals surface area contributed by atoms with Crippen molar-refractivity contribution in [3.05, 3.63) is 62.8 Å². The second kappa shape index (κ2) is 12.9. The van der Waals surface area contributed by atoms with Gasteiger partial charge >= 0.3 is 0 Å². The number of nitrogens with zero attached hydrogens (tertiary/aromatic N) is 4. The van der Waals surface area contributed by atoms with Gasteiger partial charge < -0.3 is 30.3 Å². The van der Waals surface area contributed by atoms with Crippen molar-refractivity contribution in [2.24, 2.45) is 0 Å². The van der Waals surface area contributed by atoms with Gasteiger partial charge in [-0.1, -0.05) is 23.2 Å². The van der Waals surface area contributed by atoms with Crippen molar-refractivity contribution in [2.75, 3.05) is 38.1 Å². The molecule has 0 saturated carbocycles. The van der Waals surface area contributed by atoms with Gasteiger partial charge in [-0.3, -0.25) is 19.1 Å². The average Bonchev–Trinajstić information content (AvgIpc) is 2.97. The Kier molecular flexibility index (Phi) is 9.38. The molecule has 3 aromatic heterocycles. The number of halogens is 2. The van der Waals surface area contributed by atoms with Crippen LogP contribution in [0.15, 0.2) is 41.5 Å². The first-order chi connectivity index (χ1) is 19.3. The quantitative estimate of drug-likeness (QED) is 0.181. The predicted octanol–water partition coefficient (Wildman–Crippen LogP) is 2.75. The van der Waals surface area contributed by atoms with Gasteiger partial charge in [-0.25, -0.2) is 4.98 Å². The maximum absolute atomic E-state index is 14.0. The molecule has 14 heteroatoms. The van der Waals surface area contributed by atoms with Crippen molar-refractivity contribution in [3.63, 3.8) is 0 Å². The maximum atomic E-state index is 14.0. The predicted molar refractivity (Wildman–Crippen MR) is 152 cm³/mol. The fourth-order valence-electron chi connectivity index (χ4n) is 4.02. The third kappa shape index (κ3) is 5.94. The number of hydrogen-bond acceptors (Lipinski definition) is 10. The maximum Gasteiger partial charge on any atom is 0.260 e. The fourth-order valence-corrected chi connectivity index (χ4v) is 4.73. The Balaban J connectivity index is 1.89. The zero-order chi connectivity index (χ0) is 28.8. The lowest BCUT2D eigenvalue weighted by atomic mass is 10.0.